The lowest BCUT2D eigenvalue weighted by Gasteiger charge is -2.21. The molecule has 164 valence electrons. The second-order valence-corrected chi connectivity index (χ2v) is 8.19. The molecule has 1 fully saturated rings. The number of aliphatic hydroxyl groups excluding tert-OH is 2. The minimum Gasteiger partial charge on any atom is -0.481 e. The van der Waals surface area contributed by atoms with Gasteiger partial charge in [-0.15, -0.1) is 0 Å². The van der Waals surface area contributed by atoms with Crippen molar-refractivity contribution in [2.75, 3.05) is 0 Å². The van der Waals surface area contributed by atoms with Gasteiger partial charge in [-0.3, -0.25) is 10.1 Å². The molecule has 1 saturated carbocycles. The van der Waals surface area contributed by atoms with Crippen molar-refractivity contribution in [2.45, 2.75) is 109 Å². The van der Waals surface area contributed by atoms with Crippen LogP contribution in [0.4, 0.5) is 0 Å². The molecule has 28 heavy (non-hydrogen) atoms. The van der Waals surface area contributed by atoms with E-state index in [0.29, 0.717) is 12.8 Å². The third-order valence-corrected chi connectivity index (χ3v) is 5.87. The number of hydrogen-bond acceptors (Lipinski definition) is 5. The maximum Gasteiger partial charge on any atom is 0.303 e. The van der Waals surface area contributed by atoms with E-state index in [9.17, 15) is 15.0 Å². The monoisotopic (exact) mass is 400 g/mol. The van der Waals surface area contributed by atoms with Gasteiger partial charge >= 0.3 is 5.97 Å². The summed E-state index contributed by atoms with van der Waals surface area (Å²) in [4.78, 5) is 15.2. The van der Waals surface area contributed by atoms with Gasteiger partial charge in [0, 0.05) is 18.8 Å². The van der Waals surface area contributed by atoms with E-state index < -0.39 is 18.2 Å². The highest BCUT2D eigenvalue weighted by Gasteiger charge is 2.39. The Hall–Kier alpha value is -0.950. The Labute approximate surface area is 169 Å². The van der Waals surface area contributed by atoms with Gasteiger partial charge in [0.2, 0.25) is 0 Å². The molecule has 0 saturated heterocycles. The van der Waals surface area contributed by atoms with Gasteiger partial charge in [-0.05, 0) is 25.2 Å². The van der Waals surface area contributed by atoms with Crippen LogP contribution in [0.1, 0.15) is 90.4 Å². The molecule has 0 aromatic rings. The van der Waals surface area contributed by atoms with E-state index in [2.05, 4.69) is 11.8 Å². The van der Waals surface area contributed by atoms with E-state index in [4.69, 9.17) is 10.4 Å². The van der Waals surface area contributed by atoms with Crippen LogP contribution in [-0.4, -0.2) is 44.9 Å². The van der Waals surface area contributed by atoms with Crippen LogP contribution in [0.15, 0.2) is 12.2 Å². The molecule has 0 heterocycles. The second-order valence-electron chi connectivity index (χ2n) is 8.19. The Morgan fingerprint density at radius 1 is 1.04 bits per heavy atom. The highest BCUT2D eigenvalue weighted by molar-refractivity contribution is 5.66. The summed E-state index contributed by atoms with van der Waals surface area (Å²) in [5.41, 5.74) is 0. The standard InChI is InChI=1S/C22H40O6/c1-2-3-4-5-6-8-11-17(28-27)14-15-19-18(20(23)16-21(19)24)12-9-7-10-13-22(25)26/h14-15,17-21,23-24,27H,2-13,16H2,1H3,(H,25,26)/b15-14+/t17?,18-,19-,20+,21-/m1/s1. The smallest absolute Gasteiger partial charge is 0.303 e. The number of rotatable bonds is 16. The highest BCUT2D eigenvalue weighted by Crippen LogP contribution is 2.37. The first kappa shape index (κ1) is 25.1. The summed E-state index contributed by atoms with van der Waals surface area (Å²) in [7, 11) is 0. The summed E-state index contributed by atoms with van der Waals surface area (Å²) < 4.78 is 0. The Balaban J connectivity index is 2.41. The Morgan fingerprint density at radius 3 is 2.39 bits per heavy atom. The highest BCUT2D eigenvalue weighted by atomic mass is 17.1. The molecular formula is C22H40O6. The molecule has 1 aliphatic carbocycles. The Morgan fingerprint density at radius 2 is 1.71 bits per heavy atom. The normalized spacial score (nSPS) is 26.1. The third kappa shape index (κ3) is 10.0. The van der Waals surface area contributed by atoms with Crippen LogP contribution in [0.3, 0.4) is 0 Å². The van der Waals surface area contributed by atoms with E-state index >= 15 is 0 Å². The van der Waals surface area contributed by atoms with Crippen LogP contribution in [-0.2, 0) is 9.68 Å². The molecule has 5 atom stereocenters. The minimum atomic E-state index is -0.780. The average molecular weight is 401 g/mol. The van der Waals surface area contributed by atoms with Crippen LogP contribution in [0.2, 0.25) is 0 Å². The molecule has 1 aliphatic rings. The first-order valence-electron chi connectivity index (χ1n) is 11.1. The number of unbranched alkanes of at least 4 members (excludes halogenated alkanes) is 7. The fourth-order valence-electron chi connectivity index (χ4n) is 4.17. The lowest BCUT2D eigenvalue weighted by molar-refractivity contribution is -0.267. The van der Waals surface area contributed by atoms with Crippen LogP contribution in [0, 0.1) is 11.8 Å². The Kier molecular flexibility index (Phi) is 13.4. The molecule has 0 aromatic heterocycles. The van der Waals surface area contributed by atoms with E-state index in [-0.39, 0.29) is 24.4 Å². The predicted molar refractivity (Wildman–Crippen MR) is 109 cm³/mol. The molecule has 0 radical (unpaired) electrons. The number of aliphatic hydroxyl groups is 2. The van der Waals surface area contributed by atoms with Crippen LogP contribution in [0.25, 0.3) is 0 Å². The predicted octanol–water partition coefficient (Wildman–Crippen LogP) is 4.54. The molecule has 0 aliphatic heterocycles. The van der Waals surface area contributed by atoms with Crippen LogP contribution < -0.4 is 0 Å². The van der Waals surface area contributed by atoms with Gasteiger partial charge in [-0.2, -0.15) is 0 Å². The molecular weight excluding hydrogens is 360 g/mol. The number of carboxylic acid groups (broad SMARTS) is 1. The molecule has 6 nitrogen and oxygen atoms in total. The minimum absolute atomic E-state index is 0.0375. The van der Waals surface area contributed by atoms with E-state index in [1.54, 1.807) is 0 Å². The first-order chi connectivity index (χ1) is 13.5. The topological polar surface area (TPSA) is 107 Å². The number of carboxylic acids is 1. The molecule has 0 aromatic carbocycles. The van der Waals surface area contributed by atoms with Crippen LogP contribution in [0.5, 0.6) is 0 Å². The van der Waals surface area contributed by atoms with Crippen molar-refractivity contribution in [2.24, 2.45) is 11.8 Å². The fourth-order valence-corrected chi connectivity index (χ4v) is 4.17. The van der Waals surface area contributed by atoms with Gasteiger partial charge in [0.15, 0.2) is 0 Å². The summed E-state index contributed by atoms with van der Waals surface area (Å²) >= 11 is 0. The van der Waals surface area contributed by atoms with E-state index in [0.717, 1.165) is 38.5 Å². The molecule has 1 rings (SSSR count). The van der Waals surface area contributed by atoms with E-state index in [1.807, 2.05) is 12.2 Å². The summed E-state index contributed by atoms with van der Waals surface area (Å²) in [5, 5.41) is 38.4. The van der Waals surface area contributed by atoms with Gasteiger partial charge < -0.3 is 15.3 Å². The molecule has 0 bridgehead atoms. The van der Waals surface area contributed by atoms with E-state index in [1.165, 1.54) is 25.7 Å². The van der Waals surface area contributed by atoms with Gasteiger partial charge in [-0.1, -0.05) is 70.4 Å². The second kappa shape index (κ2) is 15.0. The van der Waals surface area contributed by atoms with Crippen molar-refractivity contribution < 1.29 is 30.3 Å². The first-order valence-corrected chi connectivity index (χ1v) is 11.1. The molecule has 4 N–H and O–H groups in total. The average Bonchev–Trinajstić information content (AvgIpc) is 2.93. The van der Waals surface area contributed by atoms with Gasteiger partial charge in [0.05, 0.1) is 12.2 Å². The maximum absolute atomic E-state index is 10.6. The maximum atomic E-state index is 10.6. The van der Waals surface area contributed by atoms with Crippen molar-refractivity contribution in [3.05, 3.63) is 12.2 Å². The summed E-state index contributed by atoms with van der Waals surface area (Å²) in [6.07, 6.45) is 13.5. The third-order valence-electron chi connectivity index (χ3n) is 5.87. The van der Waals surface area contributed by atoms with Gasteiger partial charge in [0.25, 0.3) is 0 Å². The SMILES string of the molecule is CCCCCCCCC(/C=C/[C@@H]1[C@@H](CCCCCC(=O)O)[C@@H](O)C[C@H]1O)OO. The quantitative estimate of drug-likeness (QED) is 0.131. The number of carbonyl (C=O) groups is 1. The largest absolute Gasteiger partial charge is 0.481 e. The number of aliphatic carboxylic acids is 1. The van der Waals surface area contributed by atoms with Crippen molar-refractivity contribution in [1.82, 2.24) is 0 Å². The Bertz CT molecular complexity index is 439. The zero-order valence-corrected chi connectivity index (χ0v) is 17.3. The lowest BCUT2D eigenvalue weighted by Crippen LogP contribution is -2.21. The molecule has 1 unspecified atom stereocenters. The lowest BCUT2D eigenvalue weighted by atomic mass is 9.88. The molecule has 0 spiro atoms. The van der Waals surface area contributed by atoms with Crippen molar-refractivity contribution in [3.8, 4) is 0 Å². The molecule has 0 amide bonds. The van der Waals surface area contributed by atoms with Crippen molar-refractivity contribution in [3.63, 3.8) is 0 Å². The summed E-state index contributed by atoms with van der Waals surface area (Å²) in [6.45, 7) is 2.19. The van der Waals surface area contributed by atoms with Gasteiger partial charge in [0.1, 0.15) is 6.10 Å². The van der Waals surface area contributed by atoms with Crippen molar-refractivity contribution >= 4 is 5.97 Å². The zero-order valence-electron chi connectivity index (χ0n) is 17.3. The summed E-state index contributed by atoms with van der Waals surface area (Å²) in [5.74, 6) is -0.973. The van der Waals surface area contributed by atoms with Crippen molar-refractivity contribution in [1.29, 1.82) is 0 Å². The van der Waals surface area contributed by atoms with Crippen LogP contribution >= 0.6 is 0 Å². The zero-order chi connectivity index (χ0) is 20.8. The van der Waals surface area contributed by atoms with Gasteiger partial charge in [-0.25, -0.2) is 4.89 Å². The molecule has 6 heteroatoms. The number of hydrogen-bond donors (Lipinski definition) is 4. The fraction of sp³-hybridized carbons (Fsp3) is 0.864. The summed E-state index contributed by atoms with van der Waals surface area (Å²) in [6, 6.07) is 0.